The van der Waals surface area contributed by atoms with Gasteiger partial charge in [0.2, 0.25) is 6.54 Å². The molecule has 134 valence electrons. The summed E-state index contributed by atoms with van der Waals surface area (Å²) in [6.07, 6.45) is 2.11. The van der Waals surface area contributed by atoms with Crippen LogP contribution in [-0.4, -0.2) is 42.4 Å². The van der Waals surface area contributed by atoms with Crippen LogP contribution in [-0.2, 0) is 19.1 Å². The summed E-state index contributed by atoms with van der Waals surface area (Å²) in [4.78, 5) is 25.9. The van der Waals surface area contributed by atoms with Crippen LogP contribution >= 0.6 is 0 Å². The zero-order valence-electron chi connectivity index (χ0n) is 14.6. The van der Waals surface area contributed by atoms with Crippen LogP contribution < -0.4 is 0 Å². The molecule has 0 aliphatic heterocycles. The van der Waals surface area contributed by atoms with Crippen molar-refractivity contribution in [3.63, 3.8) is 0 Å². The normalized spacial score (nSPS) is 10.6. The highest BCUT2D eigenvalue weighted by atomic mass is 16.5. The molecule has 0 spiro atoms. The first-order chi connectivity index (χ1) is 11.2. The lowest BCUT2D eigenvalue weighted by Crippen LogP contribution is -2.30. The maximum atomic E-state index is 11.3. The van der Waals surface area contributed by atoms with E-state index in [-0.39, 0.29) is 19.8 Å². The van der Waals surface area contributed by atoms with Crippen LogP contribution in [0.2, 0.25) is 0 Å². The number of carbonyl (C=O) groups excluding carboxylic acids is 2. The summed E-state index contributed by atoms with van der Waals surface area (Å²) in [5, 5.41) is 10.6. The Kier molecular flexibility index (Phi) is 10.4. The minimum Gasteiger partial charge on any atom is -0.462 e. The molecule has 0 rings (SSSR count). The Morgan fingerprint density at radius 2 is 1.42 bits per heavy atom. The van der Waals surface area contributed by atoms with E-state index in [0.717, 1.165) is 0 Å². The smallest absolute Gasteiger partial charge is 0.333 e. The minimum absolute atomic E-state index is 0.191. The summed E-state index contributed by atoms with van der Waals surface area (Å²) in [7, 11) is 0. The molecule has 0 aliphatic rings. The number of esters is 2. The van der Waals surface area contributed by atoms with Gasteiger partial charge in [0, 0.05) is 17.6 Å². The number of hydrogen-bond acceptors (Lipinski definition) is 5. The van der Waals surface area contributed by atoms with Crippen LogP contribution in [0.25, 0.3) is 4.85 Å². The Morgan fingerprint density at radius 1 is 1.00 bits per heavy atom. The third kappa shape index (κ3) is 9.80. The molecular formula is C18H27NO5. The third-order valence-corrected chi connectivity index (χ3v) is 3.43. The molecule has 0 heterocycles. The summed E-state index contributed by atoms with van der Waals surface area (Å²) in [5.41, 5.74) is -0.370. The van der Waals surface area contributed by atoms with Gasteiger partial charge in [0.05, 0.1) is 18.8 Å². The van der Waals surface area contributed by atoms with E-state index < -0.39 is 17.5 Å². The molecule has 0 fully saturated rings. The van der Waals surface area contributed by atoms with Gasteiger partial charge in [-0.15, -0.1) is 0 Å². The first kappa shape index (κ1) is 21.9. The first-order valence-corrected chi connectivity index (χ1v) is 7.93. The van der Waals surface area contributed by atoms with Crippen LogP contribution in [0, 0.1) is 6.57 Å². The highest BCUT2D eigenvalue weighted by Crippen LogP contribution is 2.24. The molecule has 0 aliphatic carbocycles. The number of aliphatic hydroxyl groups is 1. The zero-order valence-corrected chi connectivity index (χ0v) is 14.6. The SMILES string of the molecule is [C-]#[N+]CCC(O)(CCCOC(=O)C(=C)C)CCCOC(=O)C(=C)C. The zero-order chi connectivity index (χ0) is 18.6. The Hall–Kier alpha value is -2.13. The fraction of sp³-hybridized carbons (Fsp3) is 0.611. The van der Waals surface area contributed by atoms with Crippen LogP contribution in [0.1, 0.15) is 46.0 Å². The van der Waals surface area contributed by atoms with Crippen molar-refractivity contribution in [3.8, 4) is 0 Å². The van der Waals surface area contributed by atoms with Gasteiger partial charge in [0.1, 0.15) is 0 Å². The van der Waals surface area contributed by atoms with Crippen molar-refractivity contribution < 1.29 is 24.2 Å². The molecule has 0 atom stereocenters. The van der Waals surface area contributed by atoms with Gasteiger partial charge >= 0.3 is 11.9 Å². The van der Waals surface area contributed by atoms with Crippen molar-refractivity contribution in [1.29, 1.82) is 0 Å². The summed E-state index contributed by atoms with van der Waals surface area (Å²) in [5.74, 6) is -0.905. The van der Waals surface area contributed by atoms with E-state index >= 15 is 0 Å². The van der Waals surface area contributed by atoms with Gasteiger partial charge in [-0.25, -0.2) is 16.2 Å². The quantitative estimate of drug-likeness (QED) is 0.256. The van der Waals surface area contributed by atoms with Gasteiger partial charge in [-0.05, 0) is 39.5 Å². The highest BCUT2D eigenvalue weighted by molar-refractivity contribution is 5.87. The van der Waals surface area contributed by atoms with E-state index in [1.165, 1.54) is 0 Å². The minimum atomic E-state index is -1.03. The monoisotopic (exact) mass is 337 g/mol. The van der Waals surface area contributed by atoms with E-state index in [4.69, 9.17) is 16.0 Å². The second kappa shape index (κ2) is 11.4. The van der Waals surface area contributed by atoms with Gasteiger partial charge < -0.3 is 19.4 Å². The standard InChI is InChI=1S/C18H27NO5/c1-14(2)16(20)23-12-6-8-18(22,10-11-19-5)9-7-13-24-17(21)15(3)4/h22H,1,3,6-13H2,2,4H3. The molecule has 0 bridgehead atoms. The number of carbonyl (C=O) groups is 2. The van der Waals surface area contributed by atoms with Crippen molar-refractivity contribution >= 4 is 11.9 Å². The van der Waals surface area contributed by atoms with E-state index in [1.54, 1.807) is 13.8 Å². The summed E-state index contributed by atoms with van der Waals surface area (Å²) < 4.78 is 10.00. The number of nitrogens with zero attached hydrogens (tertiary/aromatic N) is 1. The van der Waals surface area contributed by atoms with Crippen molar-refractivity contribution in [3.05, 3.63) is 35.7 Å². The molecule has 0 aromatic heterocycles. The molecule has 0 unspecified atom stereocenters. The summed E-state index contributed by atoms with van der Waals surface area (Å²) in [6.45, 7) is 17.6. The van der Waals surface area contributed by atoms with Crippen molar-refractivity contribution in [2.75, 3.05) is 19.8 Å². The van der Waals surface area contributed by atoms with Crippen LogP contribution in [0.5, 0.6) is 0 Å². The number of hydrogen-bond donors (Lipinski definition) is 1. The fourth-order valence-corrected chi connectivity index (χ4v) is 2.02. The van der Waals surface area contributed by atoms with E-state index in [2.05, 4.69) is 18.0 Å². The lowest BCUT2D eigenvalue weighted by molar-refractivity contribution is -0.139. The Labute approximate surface area is 144 Å². The molecule has 6 heteroatoms. The average Bonchev–Trinajstić information content (AvgIpc) is 2.53. The van der Waals surface area contributed by atoms with Crippen molar-refractivity contribution in [1.82, 2.24) is 0 Å². The molecule has 24 heavy (non-hydrogen) atoms. The van der Waals surface area contributed by atoms with Crippen LogP contribution in [0.3, 0.4) is 0 Å². The van der Waals surface area contributed by atoms with Gasteiger partial charge in [-0.1, -0.05) is 13.2 Å². The molecule has 0 amide bonds. The first-order valence-electron chi connectivity index (χ1n) is 7.93. The van der Waals surface area contributed by atoms with Gasteiger partial charge in [-0.2, -0.15) is 0 Å². The summed E-state index contributed by atoms with van der Waals surface area (Å²) >= 11 is 0. The second-order valence-corrected chi connectivity index (χ2v) is 5.90. The van der Waals surface area contributed by atoms with Gasteiger partial charge in [-0.3, -0.25) is 0 Å². The van der Waals surface area contributed by atoms with Crippen LogP contribution in [0.15, 0.2) is 24.3 Å². The van der Waals surface area contributed by atoms with E-state index in [9.17, 15) is 14.7 Å². The fourth-order valence-electron chi connectivity index (χ4n) is 2.02. The van der Waals surface area contributed by atoms with Crippen LogP contribution in [0.4, 0.5) is 0 Å². The Balaban J connectivity index is 4.27. The predicted molar refractivity (Wildman–Crippen MR) is 91.0 cm³/mol. The van der Waals surface area contributed by atoms with Gasteiger partial charge in [0.25, 0.3) is 0 Å². The summed E-state index contributed by atoms with van der Waals surface area (Å²) in [6, 6.07) is 0. The maximum Gasteiger partial charge on any atom is 0.333 e. The highest BCUT2D eigenvalue weighted by Gasteiger charge is 2.27. The molecule has 6 nitrogen and oxygen atoms in total. The van der Waals surface area contributed by atoms with Crippen molar-refractivity contribution in [2.24, 2.45) is 0 Å². The molecule has 1 N–H and O–H groups in total. The molecular weight excluding hydrogens is 310 g/mol. The average molecular weight is 337 g/mol. The Bertz CT molecular complexity index is 470. The molecule has 0 saturated carbocycles. The molecule has 0 aromatic rings. The number of rotatable bonds is 12. The maximum absolute atomic E-state index is 11.3. The van der Waals surface area contributed by atoms with E-state index in [0.29, 0.717) is 43.3 Å². The topological polar surface area (TPSA) is 77.2 Å². The lowest BCUT2D eigenvalue weighted by Gasteiger charge is -2.26. The molecule has 0 saturated heterocycles. The molecule has 0 aromatic carbocycles. The lowest BCUT2D eigenvalue weighted by atomic mass is 9.89. The number of ether oxygens (including phenoxy) is 2. The molecule has 0 radical (unpaired) electrons. The second-order valence-electron chi connectivity index (χ2n) is 5.90. The van der Waals surface area contributed by atoms with Crippen molar-refractivity contribution in [2.45, 2.75) is 51.6 Å². The third-order valence-electron chi connectivity index (χ3n) is 3.43. The Morgan fingerprint density at radius 3 is 1.75 bits per heavy atom. The van der Waals surface area contributed by atoms with Gasteiger partial charge in [0.15, 0.2) is 0 Å². The van der Waals surface area contributed by atoms with E-state index in [1.807, 2.05) is 0 Å². The predicted octanol–water partition coefficient (Wildman–Crippen LogP) is 2.83. The largest absolute Gasteiger partial charge is 0.462 e.